The van der Waals surface area contributed by atoms with Gasteiger partial charge in [0.2, 0.25) is 0 Å². The monoisotopic (exact) mass is 233 g/mol. The molecule has 0 spiro atoms. The van der Waals surface area contributed by atoms with E-state index in [-0.39, 0.29) is 0 Å². The van der Waals surface area contributed by atoms with E-state index >= 15 is 0 Å². The van der Waals surface area contributed by atoms with Gasteiger partial charge < -0.3 is 10.2 Å². The summed E-state index contributed by atoms with van der Waals surface area (Å²) in [5, 5.41) is 3.71. The van der Waals surface area contributed by atoms with Gasteiger partial charge in [-0.25, -0.2) is 0 Å². The van der Waals surface area contributed by atoms with Crippen LogP contribution in [0.3, 0.4) is 0 Å². The molecule has 0 aliphatic carbocycles. The summed E-state index contributed by atoms with van der Waals surface area (Å²) in [5.74, 6) is 0. The smallest absolute Gasteiger partial charge is 0.0570 e. The Hall–Kier alpha value is -0.930. The van der Waals surface area contributed by atoms with Gasteiger partial charge in [-0.15, -0.1) is 0 Å². The van der Waals surface area contributed by atoms with Gasteiger partial charge in [0.05, 0.1) is 5.69 Å². The molecule has 1 aromatic rings. The zero-order valence-electron chi connectivity index (χ0n) is 10.9. The van der Waals surface area contributed by atoms with Crippen molar-refractivity contribution in [2.24, 2.45) is 0 Å². The maximum Gasteiger partial charge on any atom is 0.0570 e. The molecular formula is C14H23N3. The van der Waals surface area contributed by atoms with E-state index in [1.54, 1.807) is 0 Å². The Balaban J connectivity index is 1.88. The molecule has 94 valence electrons. The van der Waals surface area contributed by atoms with E-state index in [1.165, 1.54) is 32.4 Å². The minimum absolute atomic E-state index is 0.351. The standard InChI is InChI=1S/C14H23N3/c1-12(14-7-3-4-9-15-14)16-13-6-5-10-17(2)11-8-13/h3-4,7,9,12-13,16H,5-6,8,10-11H2,1-2H3/t12-,13?/m0/s1. The maximum atomic E-state index is 4.41. The van der Waals surface area contributed by atoms with Crippen LogP contribution in [-0.4, -0.2) is 36.1 Å². The van der Waals surface area contributed by atoms with Gasteiger partial charge in [-0.05, 0) is 58.5 Å². The first kappa shape index (κ1) is 12.5. The molecule has 0 amide bonds. The van der Waals surface area contributed by atoms with Crippen molar-refractivity contribution in [1.82, 2.24) is 15.2 Å². The molecule has 1 aromatic heterocycles. The van der Waals surface area contributed by atoms with E-state index < -0.39 is 0 Å². The highest BCUT2D eigenvalue weighted by Crippen LogP contribution is 2.15. The number of pyridine rings is 1. The van der Waals surface area contributed by atoms with E-state index in [2.05, 4.69) is 41.3 Å². The van der Waals surface area contributed by atoms with Crippen molar-refractivity contribution in [2.45, 2.75) is 38.3 Å². The molecule has 1 unspecified atom stereocenters. The summed E-state index contributed by atoms with van der Waals surface area (Å²) in [7, 11) is 2.21. The molecule has 1 aliphatic rings. The van der Waals surface area contributed by atoms with E-state index in [0.29, 0.717) is 12.1 Å². The van der Waals surface area contributed by atoms with Crippen molar-refractivity contribution in [2.75, 3.05) is 20.1 Å². The number of nitrogens with zero attached hydrogens (tertiary/aromatic N) is 2. The first-order valence-electron chi connectivity index (χ1n) is 6.61. The molecule has 0 bridgehead atoms. The molecule has 1 fully saturated rings. The van der Waals surface area contributed by atoms with Crippen LogP contribution in [-0.2, 0) is 0 Å². The summed E-state index contributed by atoms with van der Waals surface area (Å²) < 4.78 is 0. The van der Waals surface area contributed by atoms with Gasteiger partial charge >= 0.3 is 0 Å². The van der Waals surface area contributed by atoms with Crippen LogP contribution in [0.4, 0.5) is 0 Å². The van der Waals surface area contributed by atoms with Crippen LogP contribution < -0.4 is 5.32 Å². The fourth-order valence-corrected chi connectivity index (χ4v) is 2.48. The van der Waals surface area contributed by atoms with E-state index in [9.17, 15) is 0 Å². The number of hydrogen-bond donors (Lipinski definition) is 1. The fourth-order valence-electron chi connectivity index (χ4n) is 2.48. The van der Waals surface area contributed by atoms with Gasteiger partial charge in [0.1, 0.15) is 0 Å². The lowest BCUT2D eigenvalue weighted by Gasteiger charge is -2.21. The zero-order chi connectivity index (χ0) is 12.1. The van der Waals surface area contributed by atoms with Crippen molar-refractivity contribution in [3.63, 3.8) is 0 Å². The molecule has 1 aliphatic heterocycles. The van der Waals surface area contributed by atoms with E-state index in [4.69, 9.17) is 0 Å². The number of hydrogen-bond acceptors (Lipinski definition) is 3. The molecule has 2 atom stereocenters. The van der Waals surface area contributed by atoms with Crippen LogP contribution in [0.5, 0.6) is 0 Å². The Morgan fingerprint density at radius 2 is 2.24 bits per heavy atom. The molecule has 1 saturated heterocycles. The Kier molecular flexibility index (Phi) is 4.51. The Bertz CT molecular complexity index is 325. The number of aromatic nitrogens is 1. The molecule has 2 heterocycles. The lowest BCUT2D eigenvalue weighted by molar-refractivity contribution is 0.340. The van der Waals surface area contributed by atoms with Crippen molar-refractivity contribution in [3.05, 3.63) is 30.1 Å². The topological polar surface area (TPSA) is 28.2 Å². The van der Waals surface area contributed by atoms with Crippen LogP contribution in [0.15, 0.2) is 24.4 Å². The van der Waals surface area contributed by atoms with Crippen molar-refractivity contribution < 1.29 is 0 Å². The molecule has 0 aromatic carbocycles. The van der Waals surface area contributed by atoms with Crippen LogP contribution in [0.25, 0.3) is 0 Å². The van der Waals surface area contributed by atoms with Gasteiger partial charge in [0, 0.05) is 18.3 Å². The highest BCUT2D eigenvalue weighted by atomic mass is 15.1. The fraction of sp³-hybridized carbons (Fsp3) is 0.643. The van der Waals surface area contributed by atoms with Crippen LogP contribution in [0.1, 0.15) is 37.9 Å². The molecule has 3 heteroatoms. The number of likely N-dealkylation sites (tertiary alicyclic amines) is 1. The minimum atomic E-state index is 0.351. The Labute approximate surface area is 104 Å². The number of rotatable bonds is 3. The van der Waals surface area contributed by atoms with E-state index in [0.717, 1.165) is 5.69 Å². The van der Waals surface area contributed by atoms with Crippen LogP contribution in [0, 0.1) is 0 Å². The maximum absolute atomic E-state index is 4.41. The highest BCUT2D eigenvalue weighted by molar-refractivity contribution is 5.07. The predicted molar refractivity (Wildman–Crippen MR) is 70.9 cm³/mol. The minimum Gasteiger partial charge on any atom is -0.306 e. The van der Waals surface area contributed by atoms with Crippen LogP contribution in [0.2, 0.25) is 0 Å². The van der Waals surface area contributed by atoms with Gasteiger partial charge in [0.15, 0.2) is 0 Å². The quantitative estimate of drug-likeness (QED) is 0.867. The summed E-state index contributed by atoms with van der Waals surface area (Å²) in [6.45, 7) is 4.64. The van der Waals surface area contributed by atoms with Crippen molar-refractivity contribution in [3.8, 4) is 0 Å². The predicted octanol–water partition coefficient (Wildman–Crippen LogP) is 2.22. The summed E-state index contributed by atoms with van der Waals surface area (Å²) in [4.78, 5) is 6.83. The zero-order valence-corrected chi connectivity index (χ0v) is 10.9. The second-order valence-electron chi connectivity index (χ2n) is 5.07. The van der Waals surface area contributed by atoms with Crippen molar-refractivity contribution >= 4 is 0 Å². The second kappa shape index (κ2) is 6.12. The molecule has 1 N–H and O–H groups in total. The first-order valence-corrected chi connectivity index (χ1v) is 6.61. The molecule has 0 radical (unpaired) electrons. The van der Waals surface area contributed by atoms with Gasteiger partial charge in [-0.2, -0.15) is 0 Å². The lowest BCUT2D eigenvalue weighted by Crippen LogP contribution is -2.32. The average Bonchev–Trinajstić information content (AvgIpc) is 2.56. The normalized spacial score (nSPS) is 24.2. The summed E-state index contributed by atoms with van der Waals surface area (Å²) in [6, 6.07) is 7.11. The SMILES string of the molecule is C[C@H](NC1CCCN(C)CC1)c1ccccn1. The molecule has 2 rings (SSSR count). The number of nitrogens with one attached hydrogen (secondary N) is 1. The average molecular weight is 233 g/mol. The van der Waals surface area contributed by atoms with E-state index in [1.807, 2.05) is 12.3 Å². The third kappa shape index (κ3) is 3.79. The Morgan fingerprint density at radius 3 is 3.00 bits per heavy atom. The van der Waals surface area contributed by atoms with Gasteiger partial charge in [-0.3, -0.25) is 4.98 Å². The molecular weight excluding hydrogens is 210 g/mol. The summed E-state index contributed by atoms with van der Waals surface area (Å²) in [6.07, 6.45) is 5.69. The third-order valence-corrected chi connectivity index (χ3v) is 3.57. The second-order valence-corrected chi connectivity index (χ2v) is 5.07. The third-order valence-electron chi connectivity index (χ3n) is 3.57. The lowest BCUT2D eigenvalue weighted by atomic mass is 10.1. The van der Waals surface area contributed by atoms with Gasteiger partial charge in [-0.1, -0.05) is 6.07 Å². The highest BCUT2D eigenvalue weighted by Gasteiger charge is 2.17. The molecule has 3 nitrogen and oxygen atoms in total. The molecule has 17 heavy (non-hydrogen) atoms. The first-order chi connectivity index (χ1) is 8.25. The summed E-state index contributed by atoms with van der Waals surface area (Å²) in [5.41, 5.74) is 1.14. The molecule has 0 saturated carbocycles. The summed E-state index contributed by atoms with van der Waals surface area (Å²) >= 11 is 0. The van der Waals surface area contributed by atoms with Gasteiger partial charge in [0.25, 0.3) is 0 Å². The Morgan fingerprint density at radius 1 is 1.35 bits per heavy atom. The van der Waals surface area contributed by atoms with Crippen LogP contribution >= 0.6 is 0 Å². The largest absolute Gasteiger partial charge is 0.306 e. The van der Waals surface area contributed by atoms with Crippen molar-refractivity contribution in [1.29, 1.82) is 0 Å².